The molecule has 1 aromatic carbocycles. The second-order valence-corrected chi connectivity index (χ2v) is 4.43. The zero-order valence-corrected chi connectivity index (χ0v) is 11.0. The van der Waals surface area contributed by atoms with Crippen molar-refractivity contribution < 1.29 is 0 Å². The van der Waals surface area contributed by atoms with Crippen molar-refractivity contribution >= 4 is 23.1 Å². The monoisotopic (exact) mass is 258 g/mol. The minimum absolute atomic E-state index is 0.958. The van der Waals surface area contributed by atoms with Crippen LogP contribution in [0.15, 0.2) is 73.1 Å². The first-order chi connectivity index (χ1) is 9.92. The van der Waals surface area contributed by atoms with Crippen LogP contribution in [0, 0.1) is 0 Å². The van der Waals surface area contributed by atoms with Crippen LogP contribution < -0.4 is 0 Å². The number of fused-ring (bicyclic) bond motifs is 1. The number of pyridine rings is 2. The van der Waals surface area contributed by atoms with Crippen molar-refractivity contribution in [3.8, 4) is 0 Å². The van der Waals surface area contributed by atoms with Crippen molar-refractivity contribution in [2.75, 3.05) is 0 Å². The standard InChI is InChI=1S/C18H14N2/c1(2-8-17-9-3-4-12-19-17)6-15-10-11-18-16(14-15)7-5-13-20-18/h1-14H/b6-1+,8-2+. The predicted octanol–water partition coefficient (Wildman–Crippen LogP) is 4.36. The van der Waals surface area contributed by atoms with Crippen LogP contribution in [-0.2, 0) is 0 Å². The second-order valence-electron chi connectivity index (χ2n) is 4.43. The van der Waals surface area contributed by atoms with E-state index in [4.69, 9.17) is 0 Å². The molecule has 0 aliphatic heterocycles. The van der Waals surface area contributed by atoms with Crippen molar-refractivity contribution in [3.63, 3.8) is 0 Å². The van der Waals surface area contributed by atoms with Crippen LogP contribution in [0.1, 0.15) is 11.3 Å². The molecule has 2 heteroatoms. The first-order valence-electron chi connectivity index (χ1n) is 6.52. The number of hydrogen-bond donors (Lipinski definition) is 0. The molecule has 0 aliphatic carbocycles. The third-order valence-corrected chi connectivity index (χ3v) is 2.98. The van der Waals surface area contributed by atoms with E-state index in [0.29, 0.717) is 0 Å². The average molecular weight is 258 g/mol. The number of benzene rings is 1. The van der Waals surface area contributed by atoms with Gasteiger partial charge in [0.05, 0.1) is 11.2 Å². The van der Waals surface area contributed by atoms with E-state index < -0.39 is 0 Å². The average Bonchev–Trinajstić information content (AvgIpc) is 2.52. The maximum absolute atomic E-state index is 4.31. The molecule has 3 rings (SSSR count). The van der Waals surface area contributed by atoms with Crippen LogP contribution >= 0.6 is 0 Å². The van der Waals surface area contributed by atoms with Gasteiger partial charge in [0.2, 0.25) is 0 Å². The Morgan fingerprint density at radius 2 is 1.65 bits per heavy atom. The summed E-state index contributed by atoms with van der Waals surface area (Å²) < 4.78 is 0. The first-order valence-corrected chi connectivity index (χ1v) is 6.52. The molecule has 0 N–H and O–H groups in total. The maximum atomic E-state index is 4.31. The van der Waals surface area contributed by atoms with E-state index in [1.807, 2.05) is 54.8 Å². The van der Waals surface area contributed by atoms with Gasteiger partial charge in [-0.15, -0.1) is 0 Å². The highest BCUT2D eigenvalue weighted by molar-refractivity contribution is 5.81. The van der Waals surface area contributed by atoms with Gasteiger partial charge in [0.25, 0.3) is 0 Å². The minimum atomic E-state index is 0.958. The summed E-state index contributed by atoms with van der Waals surface area (Å²) in [6.07, 6.45) is 11.7. The lowest BCUT2D eigenvalue weighted by Crippen LogP contribution is -1.78. The van der Waals surface area contributed by atoms with Gasteiger partial charge in [-0.2, -0.15) is 0 Å². The van der Waals surface area contributed by atoms with Crippen molar-refractivity contribution in [1.82, 2.24) is 9.97 Å². The van der Waals surface area contributed by atoms with Crippen molar-refractivity contribution in [2.24, 2.45) is 0 Å². The lowest BCUT2D eigenvalue weighted by atomic mass is 10.1. The van der Waals surface area contributed by atoms with Gasteiger partial charge in [-0.25, -0.2) is 0 Å². The molecule has 2 aromatic heterocycles. The van der Waals surface area contributed by atoms with Crippen LogP contribution in [0.25, 0.3) is 23.1 Å². The molecule has 96 valence electrons. The number of rotatable bonds is 3. The van der Waals surface area contributed by atoms with Gasteiger partial charge in [-0.05, 0) is 42.0 Å². The SMILES string of the molecule is C(/C=C/c1ccccn1)=C\c1ccc2ncccc2c1. The van der Waals surface area contributed by atoms with Gasteiger partial charge in [0.15, 0.2) is 0 Å². The van der Waals surface area contributed by atoms with Crippen molar-refractivity contribution in [1.29, 1.82) is 0 Å². The number of allylic oxidation sites excluding steroid dienone is 2. The Labute approximate surface area is 118 Å². The van der Waals surface area contributed by atoms with Crippen LogP contribution in [0.3, 0.4) is 0 Å². The molecule has 0 atom stereocenters. The molecule has 0 aliphatic rings. The number of nitrogens with zero attached hydrogens (tertiary/aromatic N) is 2. The lowest BCUT2D eigenvalue weighted by molar-refractivity contribution is 1.30. The highest BCUT2D eigenvalue weighted by Gasteiger charge is 1.93. The molecule has 0 radical (unpaired) electrons. The van der Waals surface area contributed by atoms with Crippen LogP contribution in [0.5, 0.6) is 0 Å². The Morgan fingerprint density at radius 3 is 2.55 bits per heavy atom. The summed E-state index contributed by atoms with van der Waals surface area (Å²) in [5.74, 6) is 0. The Morgan fingerprint density at radius 1 is 0.750 bits per heavy atom. The van der Waals surface area contributed by atoms with E-state index in [1.54, 1.807) is 6.20 Å². The van der Waals surface area contributed by atoms with Crippen molar-refractivity contribution in [2.45, 2.75) is 0 Å². The first kappa shape index (κ1) is 12.3. The molecule has 20 heavy (non-hydrogen) atoms. The van der Waals surface area contributed by atoms with E-state index in [-0.39, 0.29) is 0 Å². The van der Waals surface area contributed by atoms with E-state index in [0.717, 1.165) is 22.2 Å². The van der Waals surface area contributed by atoms with E-state index >= 15 is 0 Å². The number of hydrogen-bond acceptors (Lipinski definition) is 2. The van der Waals surface area contributed by atoms with Gasteiger partial charge in [0, 0.05) is 17.8 Å². The second kappa shape index (κ2) is 5.93. The molecule has 0 spiro atoms. The highest BCUT2D eigenvalue weighted by Crippen LogP contribution is 2.14. The summed E-state index contributed by atoms with van der Waals surface area (Å²) in [4.78, 5) is 8.55. The lowest BCUT2D eigenvalue weighted by Gasteiger charge is -1.97. The molecule has 0 saturated carbocycles. The smallest absolute Gasteiger partial charge is 0.0702 e. The fourth-order valence-corrected chi connectivity index (χ4v) is 1.99. The molecule has 2 nitrogen and oxygen atoms in total. The third kappa shape index (κ3) is 2.98. The maximum Gasteiger partial charge on any atom is 0.0702 e. The molecule has 0 unspecified atom stereocenters. The zero-order chi connectivity index (χ0) is 13.6. The Kier molecular flexibility index (Phi) is 3.65. The molecule has 0 fully saturated rings. The molecule has 0 bridgehead atoms. The summed E-state index contributed by atoms with van der Waals surface area (Å²) in [6, 6.07) is 16.1. The van der Waals surface area contributed by atoms with Gasteiger partial charge in [-0.3, -0.25) is 9.97 Å². The molecule has 0 amide bonds. The number of aromatic nitrogens is 2. The normalized spacial score (nSPS) is 11.6. The predicted molar refractivity (Wildman–Crippen MR) is 84.0 cm³/mol. The Bertz CT molecular complexity index is 758. The fraction of sp³-hybridized carbons (Fsp3) is 0. The van der Waals surface area contributed by atoms with Crippen LogP contribution in [0.4, 0.5) is 0 Å². The van der Waals surface area contributed by atoms with Gasteiger partial charge in [-0.1, -0.05) is 36.4 Å². The van der Waals surface area contributed by atoms with Crippen molar-refractivity contribution in [3.05, 3.63) is 84.3 Å². The molecule has 3 aromatic rings. The van der Waals surface area contributed by atoms with E-state index in [2.05, 4.69) is 34.2 Å². The van der Waals surface area contributed by atoms with E-state index in [1.165, 1.54) is 0 Å². The van der Waals surface area contributed by atoms with E-state index in [9.17, 15) is 0 Å². The quantitative estimate of drug-likeness (QED) is 0.652. The molecular formula is C18H14N2. The highest BCUT2D eigenvalue weighted by atomic mass is 14.6. The zero-order valence-electron chi connectivity index (χ0n) is 11.0. The fourth-order valence-electron chi connectivity index (χ4n) is 1.99. The Balaban J connectivity index is 1.76. The molecule has 0 saturated heterocycles. The summed E-state index contributed by atoms with van der Waals surface area (Å²) in [5.41, 5.74) is 3.14. The summed E-state index contributed by atoms with van der Waals surface area (Å²) in [6.45, 7) is 0. The van der Waals surface area contributed by atoms with Crippen LogP contribution in [0.2, 0.25) is 0 Å². The Hall–Kier alpha value is -2.74. The molecular weight excluding hydrogens is 244 g/mol. The van der Waals surface area contributed by atoms with Crippen LogP contribution in [-0.4, -0.2) is 9.97 Å². The van der Waals surface area contributed by atoms with Gasteiger partial charge < -0.3 is 0 Å². The summed E-state index contributed by atoms with van der Waals surface area (Å²) in [5, 5.41) is 1.16. The van der Waals surface area contributed by atoms with Gasteiger partial charge in [0.1, 0.15) is 0 Å². The topological polar surface area (TPSA) is 25.8 Å². The summed E-state index contributed by atoms with van der Waals surface area (Å²) >= 11 is 0. The summed E-state index contributed by atoms with van der Waals surface area (Å²) in [7, 11) is 0. The van der Waals surface area contributed by atoms with Gasteiger partial charge >= 0.3 is 0 Å². The molecule has 2 heterocycles. The minimum Gasteiger partial charge on any atom is -0.257 e. The largest absolute Gasteiger partial charge is 0.257 e. The third-order valence-electron chi connectivity index (χ3n) is 2.98.